The summed E-state index contributed by atoms with van der Waals surface area (Å²) in [7, 11) is 0. The summed E-state index contributed by atoms with van der Waals surface area (Å²) in [5.74, 6) is 0.895. The van der Waals surface area contributed by atoms with E-state index in [-0.39, 0.29) is 5.97 Å². The quantitative estimate of drug-likeness (QED) is 0.521. The van der Waals surface area contributed by atoms with Crippen molar-refractivity contribution in [2.45, 2.75) is 6.42 Å². The molecule has 0 radical (unpaired) electrons. The lowest BCUT2D eigenvalue weighted by molar-refractivity contribution is -0.132. The molecule has 1 aliphatic heterocycles. The number of fused-ring (bicyclic) bond motifs is 3. The third-order valence-electron chi connectivity index (χ3n) is 2.64. The van der Waals surface area contributed by atoms with E-state index in [0.29, 0.717) is 5.92 Å². The molecular formula is C11H8O2. The second-order valence-electron chi connectivity index (χ2n) is 3.41. The minimum absolute atomic E-state index is 0.227. The fourth-order valence-electron chi connectivity index (χ4n) is 2.03. The summed E-state index contributed by atoms with van der Waals surface area (Å²) in [5, 5.41) is 0. The summed E-state index contributed by atoms with van der Waals surface area (Å²) in [4.78, 5) is 11.0. The zero-order valence-electron chi connectivity index (χ0n) is 6.99. The standard InChI is InChI=1S/C11H8O2/c12-11-6-9-8-4-2-1-3-7(8)5-10(9)13-11/h1-3,5-6,8H,4H2. The van der Waals surface area contributed by atoms with Crippen LogP contribution in [0.5, 0.6) is 0 Å². The molecule has 0 aromatic carbocycles. The Labute approximate surface area is 75.9 Å². The Morgan fingerprint density at radius 3 is 3.23 bits per heavy atom. The Bertz CT molecular complexity index is 408. The third kappa shape index (κ3) is 0.856. The maximum absolute atomic E-state index is 11.0. The molecule has 3 aliphatic rings. The molecule has 13 heavy (non-hydrogen) atoms. The monoisotopic (exact) mass is 172 g/mol. The summed E-state index contributed by atoms with van der Waals surface area (Å²) in [5.41, 5.74) is 2.32. The van der Waals surface area contributed by atoms with Crippen molar-refractivity contribution in [2.24, 2.45) is 5.92 Å². The summed E-state index contributed by atoms with van der Waals surface area (Å²) in [6.45, 7) is 0. The molecular weight excluding hydrogens is 164 g/mol. The predicted octanol–water partition coefficient (Wildman–Crippen LogP) is 1.87. The lowest BCUT2D eigenvalue weighted by atomic mass is 9.90. The van der Waals surface area contributed by atoms with Gasteiger partial charge in [0.1, 0.15) is 5.76 Å². The van der Waals surface area contributed by atoms with E-state index in [0.717, 1.165) is 17.8 Å². The van der Waals surface area contributed by atoms with E-state index in [9.17, 15) is 4.79 Å². The fraction of sp³-hybridized carbons (Fsp3) is 0.182. The molecule has 0 bridgehead atoms. The smallest absolute Gasteiger partial charge is 0.336 e. The molecule has 0 aromatic rings. The predicted molar refractivity (Wildman–Crippen MR) is 47.6 cm³/mol. The van der Waals surface area contributed by atoms with Gasteiger partial charge in [-0.3, -0.25) is 0 Å². The Balaban J connectivity index is 2.10. The van der Waals surface area contributed by atoms with Crippen LogP contribution in [0.3, 0.4) is 0 Å². The molecule has 0 N–H and O–H groups in total. The average molecular weight is 172 g/mol. The number of esters is 1. The number of rotatable bonds is 0. The van der Waals surface area contributed by atoms with E-state index < -0.39 is 0 Å². The molecule has 1 unspecified atom stereocenters. The van der Waals surface area contributed by atoms with Gasteiger partial charge in [-0.25, -0.2) is 4.79 Å². The fourth-order valence-corrected chi connectivity index (χ4v) is 2.03. The van der Waals surface area contributed by atoms with Crippen LogP contribution in [0.25, 0.3) is 0 Å². The Morgan fingerprint density at radius 2 is 2.31 bits per heavy atom. The molecule has 2 heteroatoms. The first-order valence-electron chi connectivity index (χ1n) is 4.37. The summed E-state index contributed by atoms with van der Waals surface area (Å²) in [6, 6.07) is 0. The highest BCUT2D eigenvalue weighted by Crippen LogP contribution is 2.42. The van der Waals surface area contributed by atoms with Crippen molar-refractivity contribution in [3.63, 3.8) is 0 Å². The van der Waals surface area contributed by atoms with Crippen LogP contribution in [0.4, 0.5) is 0 Å². The van der Waals surface area contributed by atoms with E-state index in [1.54, 1.807) is 6.08 Å². The van der Waals surface area contributed by atoms with Crippen LogP contribution in [0.1, 0.15) is 6.42 Å². The Morgan fingerprint density at radius 1 is 1.38 bits per heavy atom. The third-order valence-corrected chi connectivity index (χ3v) is 2.64. The maximum Gasteiger partial charge on any atom is 0.336 e. The first kappa shape index (κ1) is 6.89. The number of carbonyl (C=O) groups excluding carboxylic acids is 1. The van der Waals surface area contributed by atoms with Crippen molar-refractivity contribution in [1.29, 1.82) is 0 Å². The minimum Gasteiger partial charge on any atom is -0.423 e. The second kappa shape index (κ2) is 2.22. The van der Waals surface area contributed by atoms with Crippen LogP contribution in [0.2, 0.25) is 0 Å². The zero-order chi connectivity index (χ0) is 8.84. The van der Waals surface area contributed by atoms with Crippen LogP contribution in [0, 0.1) is 5.92 Å². The summed E-state index contributed by atoms with van der Waals surface area (Å²) in [6.07, 6.45) is 10.8. The van der Waals surface area contributed by atoms with Crippen molar-refractivity contribution >= 4 is 5.97 Å². The largest absolute Gasteiger partial charge is 0.423 e. The van der Waals surface area contributed by atoms with Crippen LogP contribution < -0.4 is 0 Å². The van der Waals surface area contributed by atoms with Crippen molar-refractivity contribution in [2.75, 3.05) is 0 Å². The number of allylic oxidation sites excluding steroid dienone is 6. The number of hydrogen-bond acceptors (Lipinski definition) is 2. The van der Waals surface area contributed by atoms with E-state index >= 15 is 0 Å². The molecule has 0 fully saturated rings. The van der Waals surface area contributed by atoms with Gasteiger partial charge in [0.05, 0.1) is 0 Å². The highest BCUT2D eigenvalue weighted by atomic mass is 16.5. The molecule has 1 heterocycles. The van der Waals surface area contributed by atoms with Crippen molar-refractivity contribution < 1.29 is 9.53 Å². The normalized spacial score (nSPS) is 28.8. The van der Waals surface area contributed by atoms with Crippen LogP contribution >= 0.6 is 0 Å². The van der Waals surface area contributed by atoms with E-state index in [1.807, 2.05) is 12.2 Å². The van der Waals surface area contributed by atoms with Crippen molar-refractivity contribution in [3.05, 3.63) is 47.3 Å². The topological polar surface area (TPSA) is 26.3 Å². The minimum atomic E-state index is -0.227. The second-order valence-corrected chi connectivity index (χ2v) is 3.41. The lowest BCUT2D eigenvalue weighted by Crippen LogP contribution is -2.01. The zero-order valence-corrected chi connectivity index (χ0v) is 6.99. The molecule has 2 aliphatic carbocycles. The van der Waals surface area contributed by atoms with Gasteiger partial charge >= 0.3 is 5.97 Å². The molecule has 64 valence electrons. The van der Waals surface area contributed by atoms with Gasteiger partial charge in [-0.1, -0.05) is 18.2 Å². The van der Waals surface area contributed by atoms with Gasteiger partial charge in [0, 0.05) is 17.6 Å². The molecule has 0 aromatic heterocycles. The lowest BCUT2D eigenvalue weighted by Gasteiger charge is -2.12. The van der Waals surface area contributed by atoms with Gasteiger partial charge < -0.3 is 4.74 Å². The summed E-state index contributed by atoms with van der Waals surface area (Å²) >= 11 is 0. The number of ether oxygens (including phenoxy) is 1. The maximum atomic E-state index is 11.0. The van der Waals surface area contributed by atoms with Gasteiger partial charge in [0.15, 0.2) is 0 Å². The molecule has 0 amide bonds. The van der Waals surface area contributed by atoms with Gasteiger partial charge in [0.25, 0.3) is 0 Å². The average Bonchev–Trinajstić information content (AvgIpc) is 2.60. The van der Waals surface area contributed by atoms with E-state index in [2.05, 4.69) is 12.2 Å². The Hall–Kier alpha value is -1.57. The van der Waals surface area contributed by atoms with Crippen LogP contribution in [-0.4, -0.2) is 5.97 Å². The highest BCUT2D eigenvalue weighted by molar-refractivity contribution is 5.89. The molecule has 0 spiro atoms. The van der Waals surface area contributed by atoms with Crippen molar-refractivity contribution in [1.82, 2.24) is 0 Å². The van der Waals surface area contributed by atoms with Crippen LogP contribution in [-0.2, 0) is 9.53 Å². The molecule has 0 saturated carbocycles. The first-order valence-corrected chi connectivity index (χ1v) is 4.37. The van der Waals surface area contributed by atoms with Crippen LogP contribution in [0.15, 0.2) is 47.3 Å². The van der Waals surface area contributed by atoms with Gasteiger partial charge in [-0.05, 0) is 18.1 Å². The van der Waals surface area contributed by atoms with E-state index in [1.165, 1.54) is 5.57 Å². The first-order chi connectivity index (χ1) is 6.34. The van der Waals surface area contributed by atoms with Gasteiger partial charge in [-0.15, -0.1) is 0 Å². The SMILES string of the molecule is O=C1C=C2C(=CC3=CC=CCC32)O1. The van der Waals surface area contributed by atoms with Crippen molar-refractivity contribution in [3.8, 4) is 0 Å². The Kier molecular flexibility index (Phi) is 1.18. The number of carbonyl (C=O) groups is 1. The van der Waals surface area contributed by atoms with Gasteiger partial charge in [0.2, 0.25) is 0 Å². The number of hydrogen-bond donors (Lipinski definition) is 0. The molecule has 0 saturated heterocycles. The van der Waals surface area contributed by atoms with Gasteiger partial charge in [-0.2, -0.15) is 0 Å². The van der Waals surface area contributed by atoms with E-state index in [4.69, 9.17) is 4.74 Å². The molecule has 1 atom stereocenters. The molecule has 3 rings (SSSR count). The highest BCUT2D eigenvalue weighted by Gasteiger charge is 2.34. The summed E-state index contributed by atoms with van der Waals surface area (Å²) < 4.78 is 5.04. The molecule has 2 nitrogen and oxygen atoms in total.